The second-order valence-corrected chi connectivity index (χ2v) is 5.51. The molecular formula is C15H23N. The molecule has 0 spiro atoms. The van der Waals surface area contributed by atoms with Crippen LogP contribution in [-0.4, -0.2) is 6.54 Å². The van der Waals surface area contributed by atoms with Gasteiger partial charge in [-0.2, -0.15) is 0 Å². The first kappa shape index (κ1) is 11.7. The average Bonchev–Trinajstić information content (AvgIpc) is 2.83. The third kappa shape index (κ3) is 2.30. The topological polar surface area (TPSA) is 12.0 Å². The Balaban J connectivity index is 2.15. The first-order valence-electron chi connectivity index (χ1n) is 6.47. The van der Waals surface area contributed by atoms with Crippen LogP contribution in [0.5, 0.6) is 0 Å². The van der Waals surface area contributed by atoms with E-state index in [1.54, 1.807) is 0 Å². The largest absolute Gasteiger partial charge is 0.310 e. The van der Waals surface area contributed by atoms with E-state index in [9.17, 15) is 0 Å². The van der Waals surface area contributed by atoms with Crippen molar-refractivity contribution in [2.24, 2.45) is 0 Å². The molecule has 0 amide bonds. The van der Waals surface area contributed by atoms with Gasteiger partial charge in [-0.1, -0.05) is 45.0 Å². The van der Waals surface area contributed by atoms with Crippen molar-refractivity contribution in [3.05, 3.63) is 35.4 Å². The van der Waals surface area contributed by atoms with Gasteiger partial charge in [0.2, 0.25) is 0 Å². The molecule has 1 aliphatic heterocycles. The Bertz CT molecular complexity index is 331. The second-order valence-electron chi connectivity index (χ2n) is 5.51. The lowest BCUT2D eigenvalue weighted by Gasteiger charge is -2.24. The Kier molecular flexibility index (Phi) is 3.34. The molecule has 0 saturated carbocycles. The zero-order valence-electron chi connectivity index (χ0n) is 10.7. The number of hydrogen-bond donors (Lipinski definition) is 1. The second kappa shape index (κ2) is 4.58. The fraction of sp³-hybridized carbons (Fsp3) is 0.600. The zero-order chi connectivity index (χ0) is 11.6. The van der Waals surface area contributed by atoms with Gasteiger partial charge in [0.25, 0.3) is 0 Å². The summed E-state index contributed by atoms with van der Waals surface area (Å²) in [4.78, 5) is 0. The van der Waals surface area contributed by atoms with Crippen molar-refractivity contribution in [1.82, 2.24) is 5.32 Å². The molecule has 88 valence electrons. The van der Waals surface area contributed by atoms with E-state index >= 15 is 0 Å². The number of nitrogens with one attached hydrogen (secondary N) is 1. The Morgan fingerprint density at radius 3 is 2.44 bits per heavy atom. The lowest BCUT2D eigenvalue weighted by Crippen LogP contribution is -2.16. The van der Waals surface area contributed by atoms with Crippen LogP contribution >= 0.6 is 0 Å². The van der Waals surface area contributed by atoms with E-state index in [2.05, 4.69) is 50.4 Å². The monoisotopic (exact) mass is 217 g/mol. The lowest BCUT2D eigenvalue weighted by atomic mass is 9.82. The van der Waals surface area contributed by atoms with Crippen LogP contribution in [0.15, 0.2) is 24.3 Å². The van der Waals surface area contributed by atoms with Gasteiger partial charge in [-0.25, -0.2) is 0 Å². The summed E-state index contributed by atoms with van der Waals surface area (Å²) in [6.45, 7) is 8.06. The number of rotatable bonds is 3. The van der Waals surface area contributed by atoms with Crippen LogP contribution in [0.3, 0.4) is 0 Å². The summed E-state index contributed by atoms with van der Waals surface area (Å²) >= 11 is 0. The third-order valence-electron chi connectivity index (χ3n) is 4.04. The van der Waals surface area contributed by atoms with E-state index in [-0.39, 0.29) is 0 Å². The van der Waals surface area contributed by atoms with Crippen LogP contribution in [0.1, 0.15) is 57.2 Å². The summed E-state index contributed by atoms with van der Waals surface area (Å²) in [5.41, 5.74) is 3.21. The van der Waals surface area contributed by atoms with E-state index in [4.69, 9.17) is 0 Å². The van der Waals surface area contributed by atoms with Crippen molar-refractivity contribution in [3.8, 4) is 0 Å². The van der Waals surface area contributed by atoms with Gasteiger partial charge in [0, 0.05) is 6.04 Å². The van der Waals surface area contributed by atoms with Gasteiger partial charge in [0.15, 0.2) is 0 Å². The van der Waals surface area contributed by atoms with Crippen LogP contribution in [0.2, 0.25) is 0 Å². The van der Waals surface area contributed by atoms with Gasteiger partial charge in [0.05, 0.1) is 0 Å². The van der Waals surface area contributed by atoms with Gasteiger partial charge >= 0.3 is 0 Å². The fourth-order valence-corrected chi connectivity index (χ4v) is 2.34. The quantitative estimate of drug-likeness (QED) is 0.812. The molecule has 0 aliphatic carbocycles. The van der Waals surface area contributed by atoms with E-state index in [0.29, 0.717) is 11.5 Å². The summed E-state index contributed by atoms with van der Waals surface area (Å²) in [5.74, 6) is 0. The van der Waals surface area contributed by atoms with Gasteiger partial charge in [-0.3, -0.25) is 0 Å². The number of benzene rings is 1. The summed E-state index contributed by atoms with van der Waals surface area (Å²) in [6, 6.07) is 9.81. The standard InChI is InChI=1S/C15H23N/c1-4-15(2,3)13-9-7-12(8-10-13)14-6-5-11-16-14/h7-10,14,16H,4-6,11H2,1-3H3. The Labute approximate surface area is 99.3 Å². The van der Waals surface area contributed by atoms with Crippen LogP contribution in [0.4, 0.5) is 0 Å². The maximum Gasteiger partial charge on any atom is 0.0320 e. The van der Waals surface area contributed by atoms with Crippen LogP contribution in [0.25, 0.3) is 0 Å². The van der Waals surface area contributed by atoms with Crippen molar-refractivity contribution in [2.75, 3.05) is 6.54 Å². The molecule has 1 saturated heterocycles. The molecule has 1 atom stereocenters. The molecule has 1 heterocycles. The van der Waals surface area contributed by atoms with Gasteiger partial charge < -0.3 is 5.32 Å². The molecule has 0 aromatic heterocycles. The Morgan fingerprint density at radius 1 is 1.25 bits per heavy atom. The van der Waals surface area contributed by atoms with Crippen molar-refractivity contribution in [2.45, 2.75) is 51.5 Å². The molecule has 1 unspecified atom stereocenters. The minimum Gasteiger partial charge on any atom is -0.310 e. The van der Waals surface area contributed by atoms with Gasteiger partial charge in [-0.15, -0.1) is 0 Å². The van der Waals surface area contributed by atoms with Crippen molar-refractivity contribution in [1.29, 1.82) is 0 Å². The third-order valence-corrected chi connectivity index (χ3v) is 4.04. The van der Waals surface area contributed by atoms with Gasteiger partial charge in [-0.05, 0) is 42.3 Å². The predicted molar refractivity (Wildman–Crippen MR) is 69.7 cm³/mol. The summed E-state index contributed by atoms with van der Waals surface area (Å²) < 4.78 is 0. The van der Waals surface area contributed by atoms with Crippen LogP contribution in [-0.2, 0) is 5.41 Å². The molecule has 1 heteroatoms. The minimum atomic E-state index is 0.307. The molecular weight excluding hydrogens is 194 g/mol. The highest BCUT2D eigenvalue weighted by Gasteiger charge is 2.19. The zero-order valence-corrected chi connectivity index (χ0v) is 10.7. The smallest absolute Gasteiger partial charge is 0.0320 e. The lowest BCUT2D eigenvalue weighted by molar-refractivity contribution is 0.505. The molecule has 1 aromatic rings. The SMILES string of the molecule is CCC(C)(C)c1ccc(C2CCCN2)cc1. The predicted octanol–water partition coefficient (Wildman–Crippen LogP) is 3.80. The van der Waals surface area contributed by atoms with Crippen molar-refractivity contribution >= 4 is 0 Å². The average molecular weight is 217 g/mol. The Morgan fingerprint density at radius 2 is 1.94 bits per heavy atom. The maximum absolute atomic E-state index is 3.55. The molecule has 0 radical (unpaired) electrons. The highest BCUT2D eigenvalue weighted by molar-refractivity contribution is 5.30. The summed E-state index contributed by atoms with van der Waals surface area (Å²) in [5, 5.41) is 3.55. The molecule has 1 aliphatic rings. The van der Waals surface area contributed by atoms with Crippen LogP contribution in [0, 0.1) is 0 Å². The van der Waals surface area contributed by atoms with Crippen LogP contribution < -0.4 is 5.32 Å². The molecule has 1 fully saturated rings. The molecule has 16 heavy (non-hydrogen) atoms. The maximum atomic E-state index is 3.55. The van der Waals surface area contributed by atoms with E-state index in [1.807, 2.05) is 0 Å². The van der Waals surface area contributed by atoms with E-state index < -0.39 is 0 Å². The highest BCUT2D eigenvalue weighted by Crippen LogP contribution is 2.29. The molecule has 0 bridgehead atoms. The molecule has 1 N–H and O–H groups in total. The first-order valence-corrected chi connectivity index (χ1v) is 6.47. The molecule has 1 nitrogen and oxygen atoms in total. The summed E-state index contributed by atoms with van der Waals surface area (Å²) in [7, 11) is 0. The molecule has 1 aromatic carbocycles. The normalized spacial score (nSPS) is 21.3. The van der Waals surface area contributed by atoms with Crippen molar-refractivity contribution in [3.63, 3.8) is 0 Å². The molecule has 2 rings (SSSR count). The summed E-state index contributed by atoms with van der Waals surface area (Å²) in [6.07, 6.45) is 3.79. The first-order chi connectivity index (χ1) is 7.63. The van der Waals surface area contributed by atoms with E-state index in [0.717, 1.165) is 0 Å². The number of hydrogen-bond acceptors (Lipinski definition) is 1. The minimum absolute atomic E-state index is 0.307. The highest BCUT2D eigenvalue weighted by atomic mass is 14.9. The van der Waals surface area contributed by atoms with Crippen molar-refractivity contribution < 1.29 is 0 Å². The Hall–Kier alpha value is -0.820. The fourth-order valence-electron chi connectivity index (χ4n) is 2.34. The van der Waals surface area contributed by atoms with E-state index in [1.165, 1.54) is 36.9 Å². The van der Waals surface area contributed by atoms with Gasteiger partial charge in [0.1, 0.15) is 0 Å².